The van der Waals surface area contributed by atoms with Gasteiger partial charge in [-0.15, -0.1) is 0 Å². The van der Waals surface area contributed by atoms with E-state index in [2.05, 4.69) is 5.32 Å². The second-order valence-electron chi connectivity index (χ2n) is 6.39. The Morgan fingerprint density at radius 2 is 1.83 bits per heavy atom. The summed E-state index contributed by atoms with van der Waals surface area (Å²) in [5.74, 6) is -2.73. The number of nitrogens with one attached hydrogen (secondary N) is 1. The largest absolute Gasteiger partial charge is 0.459 e. The number of rotatable bonds is 5. The molecule has 0 unspecified atom stereocenters. The minimum atomic E-state index is -0.780. The van der Waals surface area contributed by atoms with Gasteiger partial charge in [0.25, 0.3) is 11.8 Å². The number of hydrogen-bond acceptors (Lipinski definition) is 5. The molecule has 0 radical (unpaired) electrons. The summed E-state index contributed by atoms with van der Waals surface area (Å²) in [4.78, 5) is 38.1. The van der Waals surface area contributed by atoms with Crippen molar-refractivity contribution in [2.24, 2.45) is 0 Å². The van der Waals surface area contributed by atoms with E-state index in [-0.39, 0.29) is 33.1 Å². The normalized spacial score (nSPS) is 14.1. The predicted octanol–water partition coefficient (Wildman–Crippen LogP) is 4.48. The molecule has 0 saturated heterocycles. The van der Waals surface area contributed by atoms with Gasteiger partial charge in [-0.3, -0.25) is 9.59 Å². The quantitative estimate of drug-likeness (QED) is 0.552. The summed E-state index contributed by atoms with van der Waals surface area (Å²) < 4.78 is 18.5. The first-order valence-electron chi connectivity index (χ1n) is 8.50. The lowest BCUT2D eigenvalue weighted by Gasteiger charge is -2.15. The van der Waals surface area contributed by atoms with Gasteiger partial charge in [-0.2, -0.15) is 0 Å². The van der Waals surface area contributed by atoms with Gasteiger partial charge in [0, 0.05) is 5.69 Å². The Hall–Kier alpha value is -2.90. The van der Waals surface area contributed by atoms with Crippen molar-refractivity contribution in [3.05, 3.63) is 69.6 Å². The highest BCUT2D eigenvalue weighted by Crippen LogP contribution is 2.32. The molecule has 2 amide bonds. The molecular weight excluding hydrogens is 422 g/mol. The minimum absolute atomic E-state index is 0.0793. The topological polar surface area (TPSA) is 75.7 Å². The molecule has 1 heterocycles. The number of hydrogen-bond donors (Lipinski definition) is 1. The zero-order chi connectivity index (χ0) is 21.3. The van der Waals surface area contributed by atoms with E-state index in [1.165, 1.54) is 12.1 Å². The molecule has 0 spiro atoms. The monoisotopic (exact) mass is 436 g/mol. The number of amides is 2. The van der Waals surface area contributed by atoms with Gasteiger partial charge in [0.05, 0.1) is 22.4 Å². The molecule has 0 aliphatic carbocycles. The summed E-state index contributed by atoms with van der Waals surface area (Å²) in [6, 6.07) is 9.65. The molecule has 2 aromatic carbocycles. The standard InChI is InChI=1S/C20H15Cl2FN2O4/c1-10(2)29-20(28)11-4-3-5-12(8-11)24-17-16(22)18(26)25(19(17)27)13-6-7-15(23)14(21)9-13/h3-10,24H,1-2H3. The van der Waals surface area contributed by atoms with Crippen LogP contribution in [-0.2, 0) is 14.3 Å². The van der Waals surface area contributed by atoms with Crippen LogP contribution in [0, 0.1) is 5.82 Å². The highest BCUT2D eigenvalue weighted by molar-refractivity contribution is 6.53. The third kappa shape index (κ3) is 4.26. The van der Waals surface area contributed by atoms with Gasteiger partial charge in [-0.25, -0.2) is 14.1 Å². The molecule has 0 fully saturated rings. The van der Waals surface area contributed by atoms with Gasteiger partial charge in [0.15, 0.2) is 0 Å². The van der Waals surface area contributed by atoms with E-state index in [0.717, 1.165) is 17.0 Å². The number of nitrogens with zero attached hydrogens (tertiary/aromatic N) is 1. The van der Waals surface area contributed by atoms with Crippen LogP contribution in [0.2, 0.25) is 5.02 Å². The van der Waals surface area contributed by atoms with Gasteiger partial charge in [-0.05, 0) is 50.2 Å². The third-order valence-corrected chi connectivity index (χ3v) is 4.54. The molecule has 1 N–H and O–H groups in total. The summed E-state index contributed by atoms with van der Waals surface area (Å²) in [5, 5.41) is 2.19. The number of anilines is 2. The fourth-order valence-electron chi connectivity index (χ4n) is 2.62. The first-order chi connectivity index (χ1) is 13.7. The zero-order valence-electron chi connectivity index (χ0n) is 15.3. The molecule has 0 aromatic heterocycles. The molecule has 1 aliphatic rings. The first kappa shape index (κ1) is 20.8. The van der Waals surface area contributed by atoms with Crippen LogP contribution in [-0.4, -0.2) is 23.9 Å². The number of ether oxygens (including phenoxy) is 1. The van der Waals surface area contributed by atoms with Crippen molar-refractivity contribution in [1.29, 1.82) is 0 Å². The molecule has 2 aromatic rings. The lowest BCUT2D eigenvalue weighted by molar-refractivity contribution is -0.120. The number of carbonyl (C=O) groups is 3. The van der Waals surface area contributed by atoms with Crippen molar-refractivity contribution >= 4 is 52.4 Å². The van der Waals surface area contributed by atoms with E-state index in [9.17, 15) is 18.8 Å². The number of imide groups is 1. The SMILES string of the molecule is CC(C)OC(=O)c1cccc(NC2=C(Cl)C(=O)N(c3ccc(F)c(Cl)c3)C2=O)c1. The van der Waals surface area contributed by atoms with Crippen molar-refractivity contribution in [3.8, 4) is 0 Å². The summed E-state index contributed by atoms with van der Waals surface area (Å²) in [6.07, 6.45) is -0.290. The molecular formula is C20H15Cl2FN2O4. The smallest absolute Gasteiger partial charge is 0.338 e. The molecule has 150 valence electrons. The molecule has 29 heavy (non-hydrogen) atoms. The van der Waals surface area contributed by atoms with E-state index >= 15 is 0 Å². The highest BCUT2D eigenvalue weighted by atomic mass is 35.5. The molecule has 6 nitrogen and oxygen atoms in total. The lowest BCUT2D eigenvalue weighted by Crippen LogP contribution is -2.32. The number of benzene rings is 2. The van der Waals surface area contributed by atoms with E-state index in [4.69, 9.17) is 27.9 Å². The Labute approximate surface area is 175 Å². The van der Waals surface area contributed by atoms with E-state index in [0.29, 0.717) is 5.69 Å². The van der Waals surface area contributed by atoms with Crippen molar-refractivity contribution < 1.29 is 23.5 Å². The van der Waals surface area contributed by atoms with E-state index < -0.39 is 23.6 Å². The van der Waals surface area contributed by atoms with Crippen LogP contribution < -0.4 is 10.2 Å². The molecule has 0 saturated carbocycles. The van der Waals surface area contributed by atoms with Gasteiger partial charge in [0.2, 0.25) is 0 Å². The Balaban J connectivity index is 1.86. The van der Waals surface area contributed by atoms with Gasteiger partial charge in [-0.1, -0.05) is 29.3 Å². The van der Waals surface area contributed by atoms with Gasteiger partial charge in [0.1, 0.15) is 16.5 Å². The number of halogens is 3. The fourth-order valence-corrected chi connectivity index (χ4v) is 3.01. The average molecular weight is 437 g/mol. The van der Waals surface area contributed by atoms with Crippen molar-refractivity contribution in [2.45, 2.75) is 20.0 Å². The summed E-state index contributed by atoms with van der Waals surface area (Å²) in [7, 11) is 0. The van der Waals surface area contributed by atoms with Crippen LogP contribution in [0.1, 0.15) is 24.2 Å². The maximum Gasteiger partial charge on any atom is 0.338 e. The molecule has 1 aliphatic heterocycles. The van der Waals surface area contributed by atoms with Crippen LogP contribution in [0.15, 0.2) is 53.2 Å². The second-order valence-corrected chi connectivity index (χ2v) is 7.18. The zero-order valence-corrected chi connectivity index (χ0v) is 16.8. The summed E-state index contributed by atoms with van der Waals surface area (Å²) in [6.45, 7) is 3.45. The lowest BCUT2D eigenvalue weighted by atomic mass is 10.2. The Morgan fingerprint density at radius 1 is 1.10 bits per heavy atom. The van der Waals surface area contributed by atoms with Crippen molar-refractivity contribution in [2.75, 3.05) is 10.2 Å². The number of carbonyl (C=O) groups excluding carboxylic acids is 3. The maximum absolute atomic E-state index is 13.4. The van der Waals surface area contributed by atoms with Crippen LogP contribution in [0.3, 0.4) is 0 Å². The third-order valence-electron chi connectivity index (χ3n) is 3.90. The van der Waals surface area contributed by atoms with Crippen molar-refractivity contribution in [3.63, 3.8) is 0 Å². The number of esters is 1. The summed E-state index contributed by atoms with van der Waals surface area (Å²) >= 11 is 11.8. The minimum Gasteiger partial charge on any atom is -0.459 e. The first-order valence-corrected chi connectivity index (χ1v) is 9.26. The van der Waals surface area contributed by atoms with E-state index in [1.54, 1.807) is 32.0 Å². The highest BCUT2D eigenvalue weighted by Gasteiger charge is 2.39. The van der Waals surface area contributed by atoms with E-state index in [1.807, 2.05) is 0 Å². The van der Waals surface area contributed by atoms with Crippen molar-refractivity contribution in [1.82, 2.24) is 0 Å². The van der Waals surface area contributed by atoms with Crippen LogP contribution in [0.4, 0.5) is 15.8 Å². The Morgan fingerprint density at radius 3 is 2.48 bits per heavy atom. The van der Waals surface area contributed by atoms with Crippen LogP contribution in [0.5, 0.6) is 0 Å². The van der Waals surface area contributed by atoms with Gasteiger partial charge >= 0.3 is 5.97 Å². The van der Waals surface area contributed by atoms with Crippen LogP contribution >= 0.6 is 23.2 Å². The van der Waals surface area contributed by atoms with Crippen LogP contribution in [0.25, 0.3) is 0 Å². The average Bonchev–Trinajstić information content (AvgIpc) is 2.87. The second kappa shape index (κ2) is 8.23. The van der Waals surface area contributed by atoms with Gasteiger partial charge < -0.3 is 10.1 Å². The molecule has 0 atom stereocenters. The Bertz CT molecular complexity index is 1050. The summed E-state index contributed by atoms with van der Waals surface area (Å²) in [5.41, 5.74) is 0.526. The molecule has 3 rings (SSSR count). The Kier molecular flexibility index (Phi) is 5.91. The predicted molar refractivity (Wildman–Crippen MR) is 107 cm³/mol. The molecule has 9 heteroatoms. The maximum atomic E-state index is 13.4. The fraction of sp³-hybridized carbons (Fsp3) is 0.150. The molecule has 0 bridgehead atoms.